The highest BCUT2D eigenvalue weighted by atomic mass is 19.4. The molecule has 6 heteroatoms. The zero-order chi connectivity index (χ0) is 25.5. The zero-order valence-corrected chi connectivity index (χ0v) is 20.2. The van der Waals surface area contributed by atoms with E-state index in [-0.39, 0.29) is 5.52 Å². The third-order valence-corrected chi connectivity index (χ3v) is 7.62. The third kappa shape index (κ3) is 2.99. The zero-order valence-electron chi connectivity index (χ0n) is 20.2. The van der Waals surface area contributed by atoms with Crippen LogP contribution in [0.15, 0.2) is 97.2 Å². The minimum Gasteiger partial charge on any atom is -0.331 e. The Hall–Kier alpha value is -4.32. The lowest BCUT2D eigenvalue weighted by Crippen LogP contribution is -2.27. The van der Waals surface area contributed by atoms with E-state index in [0.717, 1.165) is 33.6 Å². The summed E-state index contributed by atoms with van der Waals surface area (Å²) in [7, 11) is 0. The predicted octanol–water partition coefficient (Wildman–Crippen LogP) is 8.55. The van der Waals surface area contributed by atoms with Crippen LogP contribution in [0, 0.1) is 0 Å². The molecule has 3 nitrogen and oxygen atoms in total. The highest BCUT2D eigenvalue weighted by Crippen LogP contribution is 2.42. The number of benzene rings is 4. The predicted molar refractivity (Wildman–Crippen MR) is 143 cm³/mol. The number of halogens is 3. The van der Waals surface area contributed by atoms with E-state index in [1.807, 2.05) is 66.7 Å². The topological polar surface area (TPSA) is 22.2 Å². The quantitative estimate of drug-likeness (QED) is 0.221. The molecular formula is C31H22F3N3. The summed E-state index contributed by atoms with van der Waals surface area (Å²) in [4.78, 5) is 0. The first-order valence-corrected chi connectivity index (χ1v) is 12.2. The lowest BCUT2D eigenvalue weighted by Gasteiger charge is -2.30. The minimum absolute atomic E-state index is 0.0856. The van der Waals surface area contributed by atoms with Crippen LogP contribution in [0.3, 0.4) is 0 Å². The van der Waals surface area contributed by atoms with Crippen molar-refractivity contribution in [2.24, 2.45) is 0 Å². The number of pyridine rings is 1. The van der Waals surface area contributed by atoms with E-state index in [9.17, 15) is 13.2 Å². The van der Waals surface area contributed by atoms with Crippen LogP contribution in [-0.4, -0.2) is 14.2 Å². The fourth-order valence-corrected chi connectivity index (χ4v) is 5.89. The Balaban J connectivity index is 1.57. The molecule has 0 unspecified atom stereocenters. The van der Waals surface area contributed by atoms with E-state index in [1.165, 1.54) is 15.3 Å². The molecule has 0 atom stereocenters. The van der Waals surface area contributed by atoms with Crippen LogP contribution in [0.4, 0.5) is 13.2 Å². The normalized spacial score (nSPS) is 13.0. The summed E-state index contributed by atoms with van der Waals surface area (Å²) in [6, 6.07) is 30.0. The molecule has 0 radical (unpaired) electrons. The number of aromatic nitrogens is 3. The second kappa shape index (κ2) is 7.35. The van der Waals surface area contributed by atoms with Crippen LogP contribution in [0.2, 0.25) is 0 Å². The summed E-state index contributed by atoms with van der Waals surface area (Å²) < 4.78 is 45.7. The number of alkyl halides is 3. The summed E-state index contributed by atoms with van der Waals surface area (Å²) in [5.74, 6) is 0. The lowest BCUT2D eigenvalue weighted by molar-refractivity contribution is -0.136. The molecule has 0 saturated heterocycles. The number of hydrogen-bond acceptors (Lipinski definition) is 1. The van der Waals surface area contributed by atoms with Gasteiger partial charge in [-0.2, -0.15) is 18.3 Å². The maximum absolute atomic E-state index is 14.0. The van der Waals surface area contributed by atoms with Gasteiger partial charge in [-0.05, 0) is 49.1 Å². The van der Waals surface area contributed by atoms with E-state index < -0.39 is 17.3 Å². The van der Waals surface area contributed by atoms with Gasteiger partial charge in [0, 0.05) is 32.6 Å². The molecule has 182 valence electrons. The van der Waals surface area contributed by atoms with Gasteiger partial charge in [-0.3, -0.25) is 0 Å². The first-order chi connectivity index (χ1) is 17.8. The average molecular weight is 494 g/mol. The van der Waals surface area contributed by atoms with Crippen molar-refractivity contribution in [1.29, 1.82) is 0 Å². The molecular weight excluding hydrogens is 471 g/mol. The van der Waals surface area contributed by atoms with Gasteiger partial charge in [0.2, 0.25) is 0 Å². The van der Waals surface area contributed by atoms with Gasteiger partial charge in [0.1, 0.15) is 5.56 Å². The molecule has 0 spiro atoms. The smallest absolute Gasteiger partial charge is 0.331 e. The highest BCUT2D eigenvalue weighted by Gasteiger charge is 2.36. The summed E-state index contributed by atoms with van der Waals surface area (Å²) in [5, 5.41) is 8.66. The van der Waals surface area contributed by atoms with Crippen LogP contribution in [-0.2, 0) is 11.7 Å². The van der Waals surface area contributed by atoms with Crippen LogP contribution >= 0.6 is 0 Å². The van der Waals surface area contributed by atoms with Crippen molar-refractivity contribution >= 4 is 49.0 Å². The molecule has 4 aromatic carbocycles. The minimum atomic E-state index is -4.50. The summed E-state index contributed by atoms with van der Waals surface area (Å²) in [6.07, 6.45) is -3.57. The van der Waals surface area contributed by atoms with Crippen LogP contribution in [0.5, 0.6) is 0 Å². The Morgan fingerprint density at radius 2 is 1.16 bits per heavy atom. The van der Waals surface area contributed by atoms with Crippen LogP contribution < -0.4 is 0 Å². The molecule has 7 aromatic rings. The van der Waals surface area contributed by atoms with E-state index in [1.54, 1.807) is 0 Å². The van der Waals surface area contributed by atoms with Crippen LogP contribution in [0.25, 0.3) is 49.0 Å². The van der Waals surface area contributed by atoms with Crippen molar-refractivity contribution < 1.29 is 13.2 Å². The maximum atomic E-state index is 14.0. The van der Waals surface area contributed by atoms with Crippen molar-refractivity contribution in [3.63, 3.8) is 0 Å². The second-order valence-electron chi connectivity index (χ2n) is 10.0. The Morgan fingerprint density at radius 1 is 0.622 bits per heavy atom. The standard InChI is InChI=1S/C31H22F3N3/c1-30(2,36-26-12-6-3-9-20(26)21-10-4-7-13-27(21)36)19-15-16-23-24(17-19)22-11-5-8-14-28(22)37-29(23)25(18-35-37)31(32,33)34/h3-18H,1-2H3. The van der Waals surface area contributed by atoms with E-state index >= 15 is 0 Å². The van der Waals surface area contributed by atoms with E-state index in [0.29, 0.717) is 10.9 Å². The number of nitrogens with zero attached hydrogens (tertiary/aromatic N) is 3. The summed E-state index contributed by atoms with van der Waals surface area (Å²) in [6.45, 7) is 4.32. The fraction of sp³-hybridized carbons (Fsp3) is 0.129. The van der Waals surface area contributed by atoms with Crippen molar-refractivity contribution in [1.82, 2.24) is 14.2 Å². The van der Waals surface area contributed by atoms with E-state index in [2.05, 4.69) is 47.8 Å². The average Bonchev–Trinajstić information content (AvgIpc) is 3.49. The second-order valence-corrected chi connectivity index (χ2v) is 10.0. The highest BCUT2D eigenvalue weighted by molar-refractivity contribution is 6.13. The van der Waals surface area contributed by atoms with E-state index in [4.69, 9.17) is 0 Å². The molecule has 0 N–H and O–H groups in total. The monoisotopic (exact) mass is 493 g/mol. The Labute approximate surface area is 210 Å². The number of fused-ring (bicyclic) bond motifs is 9. The molecule has 0 aliphatic carbocycles. The molecule has 0 bridgehead atoms. The Morgan fingerprint density at radius 3 is 1.76 bits per heavy atom. The molecule has 37 heavy (non-hydrogen) atoms. The summed E-state index contributed by atoms with van der Waals surface area (Å²) in [5.41, 5.74) is 2.76. The van der Waals surface area contributed by atoms with Crippen LogP contribution in [0.1, 0.15) is 25.0 Å². The first-order valence-electron chi connectivity index (χ1n) is 12.2. The molecule has 0 aliphatic heterocycles. The Bertz CT molecular complexity index is 1950. The molecule has 3 heterocycles. The van der Waals surface area contributed by atoms with Crippen molar-refractivity contribution in [3.8, 4) is 0 Å². The molecule has 0 amide bonds. The van der Waals surface area contributed by atoms with Crippen molar-refractivity contribution in [2.45, 2.75) is 25.6 Å². The van der Waals surface area contributed by atoms with Gasteiger partial charge in [0.15, 0.2) is 0 Å². The molecule has 3 aromatic heterocycles. The molecule has 0 saturated carbocycles. The van der Waals surface area contributed by atoms with Gasteiger partial charge in [0.25, 0.3) is 0 Å². The number of rotatable bonds is 2. The Kier molecular flexibility index (Phi) is 4.36. The lowest BCUT2D eigenvalue weighted by atomic mass is 9.90. The van der Waals surface area contributed by atoms with Gasteiger partial charge in [0.05, 0.1) is 22.8 Å². The van der Waals surface area contributed by atoms with Crippen molar-refractivity contribution in [3.05, 3.63) is 108 Å². The molecule has 0 fully saturated rings. The number of para-hydroxylation sites is 3. The van der Waals surface area contributed by atoms with Gasteiger partial charge >= 0.3 is 6.18 Å². The van der Waals surface area contributed by atoms with Gasteiger partial charge < -0.3 is 4.57 Å². The molecule has 0 aliphatic rings. The largest absolute Gasteiger partial charge is 0.420 e. The molecule has 7 rings (SSSR count). The number of hydrogen-bond donors (Lipinski definition) is 0. The first kappa shape index (κ1) is 21.9. The summed E-state index contributed by atoms with van der Waals surface area (Å²) >= 11 is 0. The van der Waals surface area contributed by atoms with Crippen molar-refractivity contribution in [2.75, 3.05) is 0 Å². The fourth-order valence-electron chi connectivity index (χ4n) is 5.89. The van der Waals surface area contributed by atoms with Gasteiger partial charge in [-0.25, -0.2) is 4.52 Å². The van der Waals surface area contributed by atoms with Gasteiger partial charge in [-0.1, -0.05) is 66.7 Å². The SMILES string of the molecule is CC(C)(c1ccc2c(c1)c1ccccc1n1ncc(C(F)(F)F)c21)n1c2ccccc2c2ccccc21. The third-order valence-electron chi connectivity index (χ3n) is 7.62. The van der Waals surface area contributed by atoms with Gasteiger partial charge in [-0.15, -0.1) is 0 Å². The maximum Gasteiger partial charge on any atom is 0.420 e.